The summed E-state index contributed by atoms with van der Waals surface area (Å²) in [5.41, 5.74) is 8.82. The van der Waals surface area contributed by atoms with Gasteiger partial charge in [0.1, 0.15) is 0 Å². The van der Waals surface area contributed by atoms with E-state index in [-0.39, 0.29) is 24.0 Å². The third-order valence-corrected chi connectivity index (χ3v) is 5.40. The fourth-order valence-electron chi connectivity index (χ4n) is 2.41. The smallest absolute Gasteiger partial charge is 0.254 e. The van der Waals surface area contributed by atoms with Gasteiger partial charge in [0, 0.05) is 24.3 Å². The van der Waals surface area contributed by atoms with E-state index >= 15 is 0 Å². The number of nitrogens with two attached hydrogens (primary N) is 1. The van der Waals surface area contributed by atoms with Gasteiger partial charge >= 0.3 is 0 Å². The summed E-state index contributed by atoms with van der Waals surface area (Å²) in [6, 6.07) is 3.57. The van der Waals surface area contributed by atoms with Gasteiger partial charge in [-0.3, -0.25) is 4.79 Å². The number of benzene rings is 1. The molecule has 1 fully saturated rings. The molecule has 0 aromatic heterocycles. The second-order valence-electron chi connectivity index (χ2n) is 5.32. The molecule has 5 nitrogen and oxygen atoms in total. The van der Waals surface area contributed by atoms with Crippen molar-refractivity contribution in [1.82, 2.24) is 4.90 Å². The molecule has 0 saturated carbocycles. The summed E-state index contributed by atoms with van der Waals surface area (Å²) >= 11 is 0. The largest absolute Gasteiger partial charge is 0.398 e. The minimum Gasteiger partial charge on any atom is -0.398 e. The van der Waals surface area contributed by atoms with E-state index < -0.39 is 9.84 Å². The van der Waals surface area contributed by atoms with Crippen molar-refractivity contribution in [2.24, 2.45) is 0 Å². The van der Waals surface area contributed by atoms with Gasteiger partial charge in [0.2, 0.25) is 0 Å². The molecule has 2 rings (SSSR count). The van der Waals surface area contributed by atoms with Crippen molar-refractivity contribution in [3.05, 3.63) is 28.8 Å². The average molecular weight is 296 g/mol. The van der Waals surface area contributed by atoms with Crippen LogP contribution in [0.4, 0.5) is 5.69 Å². The Kier molecular flexibility index (Phi) is 4.04. The van der Waals surface area contributed by atoms with Crippen LogP contribution in [0.5, 0.6) is 0 Å². The molecule has 1 aliphatic rings. The van der Waals surface area contributed by atoms with Crippen molar-refractivity contribution >= 4 is 21.4 Å². The minimum absolute atomic E-state index is 0.0408. The normalized spacial score (nSPS) is 18.6. The lowest BCUT2D eigenvalue weighted by molar-refractivity contribution is 0.0768. The third-order valence-electron chi connectivity index (χ3n) is 3.69. The van der Waals surface area contributed by atoms with Crippen molar-refractivity contribution < 1.29 is 13.2 Å². The molecule has 0 unspecified atom stereocenters. The van der Waals surface area contributed by atoms with Gasteiger partial charge in [0.05, 0.1) is 11.5 Å². The van der Waals surface area contributed by atoms with E-state index in [1.54, 1.807) is 11.0 Å². The summed E-state index contributed by atoms with van der Waals surface area (Å²) in [6.07, 6.45) is 0.495. The summed E-state index contributed by atoms with van der Waals surface area (Å²) in [5, 5.41) is 0. The summed E-state index contributed by atoms with van der Waals surface area (Å²) < 4.78 is 23.2. The highest BCUT2D eigenvalue weighted by Gasteiger charge is 2.24. The van der Waals surface area contributed by atoms with Crippen LogP contribution in [0.15, 0.2) is 12.1 Å². The molecule has 110 valence electrons. The SMILES string of the molecule is Cc1cc(C)c(C(=O)N2CCCS(=O)(=O)CC2)cc1N. The van der Waals surface area contributed by atoms with Crippen LogP contribution < -0.4 is 5.73 Å². The molecular formula is C14H20N2O3S. The molecule has 2 N–H and O–H groups in total. The van der Waals surface area contributed by atoms with Crippen LogP contribution in [0.25, 0.3) is 0 Å². The maximum absolute atomic E-state index is 12.5. The maximum Gasteiger partial charge on any atom is 0.254 e. The molecular weight excluding hydrogens is 276 g/mol. The zero-order valence-electron chi connectivity index (χ0n) is 11.8. The molecule has 0 radical (unpaired) electrons. The Morgan fingerprint density at radius 3 is 2.55 bits per heavy atom. The highest BCUT2D eigenvalue weighted by atomic mass is 32.2. The minimum atomic E-state index is -3.01. The number of hydrogen-bond acceptors (Lipinski definition) is 4. The van der Waals surface area contributed by atoms with Crippen LogP contribution in [0.2, 0.25) is 0 Å². The number of nitrogens with zero attached hydrogens (tertiary/aromatic N) is 1. The highest BCUT2D eigenvalue weighted by Crippen LogP contribution is 2.20. The van der Waals surface area contributed by atoms with Crippen molar-refractivity contribution in [3.63, 3.8) is 0 Å². The molecule has 0 bridgehead atoms. The number of amides is 1. The molecule has 0 spiro atoms. The van der Waals surface area contributed by atoms with Gasteiger partial charge in [-0.05, 0) is 37.5 Å². The monoisotopic (exact) mass is 296 g/mol. The standard InChI is InChI=1S/C14H20N2O3S/c1-10-8-11(2)13(15)9-12(10)14(17)16-4-3-6-20(18,19)7-5-16/h8-9H,3-7,15H2,1-2H3. The zero-order valence-corrected chi connectivity index (χ0v) is 12.7. The van der Waals surface area contributed by atoms with Gasteiger partial charge in [-0.2, -0.15) is 0 Å². The quantitative estimate of drug-likeness (QED) is 0.788. The van der Waals surface area contributed by atoms with Crippen LogP contribution in [-0.4, -0.2) is 43.8 Å². The Balaban J connectivity index is 2.25. The lowest BCUT2D eigenvalue weighted by atomic mass is 10.0. The molecule has 1 saturated heterocycles. The number of nitrogen functional groups attached to an aromatic ring is 1. The molecule has 0 aliphatic carbocycles. The molecule has 20 heavy (non-hydrogen) atoms. The number of hydrogen-bond donors (Lipinski definition) is 1. The van der Waals surface area contributed by atoms with E-state index in [0.29, 0.717) is 24.2 Å². The summed E-state index contributed by atoms with van der Waals surface area (Å²) in [6.45, 7) is 4.50. The van der Waals surface area contributed by atoms with Crippen molar-refractivity contribution in [3.8, 4) is 0 Å². The topological polar surface area (TPSA) is 80.5 Å². The van der Waals surface area contributed by atoms with Gasteiger partial charge in [-0.1, -0.05) is 6.07 Å². The first-order valence-corrected chi connectivity index (χ1v) is 8.49. The van der Waals surface area contributed by atoms with Crippen LogP contribution in [0, 0.1) is 13.8 Å². The van der Waals surface area contributed by atoms with E-state index in [9.17, 15) is 13.2 Å². The first kappa shape index (κ1) is 14.8. The Bertz CT molecular complexity index is 638. The molecule has 0 atom stereocenters. The third kappa shape index (κ3) is 3.12. The van der Waals surface area contributed by atoms with E-state index in [4.69, 9.17) is 5.73 Å². The molecule has 1 aromatic carbocycles. The first-order valence-electron chi connectivity index (χ1n) is 6.66. The van der Waals surface area contributed by atoms with E-state index in [1.807, 2.05) is 19.9 Å². The first-order chi connectivity index (χ1) is 9.30. The van der Waals surface area contributed by atoms with Gasteiger partial charge in [0.15, 0.2) is 9.84 Å². The fraction of sp³-hybridized carbons (Fsp3) is 0.500. The van der Waals surface area contributed by atoms with Crippen molar-refractivity contribution in [1.29, 1.82) is 0 Å². The highest BCUT2D eigenvalue weighted by molar-refractivity contribution is 7.91. The van der Waals surface area contributed by atoms with Crippen LogP contribution >= 0.6 is 0 Å². The number of carbonyl (C=O) groups excluding carboxylic acids is 1. The van der Waals surface area contributed by atoms with Crippen molar-refractivity contribution in [2.45, 2.75) is 20.3 Å². The van der Waals surface area contributed by atoms with Gasteiger partial charge in [0.25, 0.3) is 5.91 Å². The number of rotatable bonds is 1. The Morgan fingerprint density at radius 1 is 1.15 bits per heavy atom. The predicted octanol–water partition coefficient (Wildman–Crippen LogP) is 1.15. The van der Waals surface area contributed by atoms with Crippen LogP contribution in [-0.2, 0) is 9.84 Å². The summed E-state index contributed by atoms with van der Waals surface area (Å²) in [5.74, 6) is 0.0663. The Hall–Kier alpha value is -1.56. The maximum atomic E-state index is 12.5. The van der Waals surface area contributed by atoms with Crippen LogP contribution in [0.1, 0.15) is 27.9 Å². The lowest BCUT2D eigenvalue weighted by Crippen LogP contribution is -2.34. The van der Waals surface area contributed by atoms with Gasteiger partial charge in [-0.25, -0.2) is 8.42 Å². The predicted molar refractivity (Wildman–Crippen MR) is 79.5 cm³/mol. The number of anilines is 1. The Morgan fingerprint density at radius 2 is 1.85 bits per heavy atom. The summed E-state index contributed by atoms with van der Waals surface area (Å²) in [7, 11) is -3.01. The molecule has 1 amide bonds. The average Bonchev–Trinajstić information content (AvgIpc) is 2.54. The number of carbonyl (C=O) groups is 1. The van der Waals surface area contributed by atoms with E-state index in [2.05, 4.69) is 0 Å². The van der Waals surface area contributed by atoms with E-state index in [1.165, 1.54) is 0 Å². The fourth-order valence-corrected chi connectivity index (χ4v) is 3.68. The van der Waals surface area contributed by atoms with Crippen LogP contribution in [0.3, 0.4) is 0 Å². The number of sulfone groups is 1. The molecule has 1 heterocycles. The molecule has 1 aromatic rings. The second kappa shape index (κ2) is 5.44. The van der Waals surface area contributed by atoms with E-state index in [0.717, 1.165) is 11.1 Å². The lowest BCUT2D eigenvalue weighted by Gasteiger charge is -2.21. The van der Waals surface area contributed by atoms with Crippen molar-refractivity contribution in [2.75, 3.05) is 30.3 Å². The van der Waals surface area contributed by atoms with Gasteiger partial charge in [-0.15, -0.1) is 0 Å². The second-order valence-corrected chi connectivity index (χ2v) is 7.62. The van der Waals surface area contributed by atoms with Gasteiger partial charge < -0.3 is 10.6 Å². The molecule has 6 heteroatoms. The zero-order chi connectivity index (χ0) is 14.9. The number of aryl methyl sites for hydroxylation is 2. The molecule has 1 aliphatic heterocycles. The summed E-state index contributed by atoms with van der Waals surface area (Å²) in [4.78, 5) is 14.1. The Labute approximate surface area is 119 Å².